The van der Waals surface area contributed by atoms with Crippen LogP contribution in [0.25, 0.3) is 0 Å². The van der Waals surface area contributed by atoms with Gasteiger partial charge in [0.2, 0.25) is 0 Å². The van der Waals surface area contributed by atoms with Crippen molar-refractivity contribution < 1.29 is 23.3 Å². The molecule has 4 unspecified atom stereocenters. The van der Waals surface area contributed by atoms with Crippen LogP contribution in [0, 0.1) is 11.3 Å². The van der Waals surface area contributed by atoms with Crippen LogP contribution < -0.4 is 15.4 Å². The monoisotopic (exact) mass is 564 g/mol. The Kier molecular flexibility index (Phi) is 6.77. The second kappa shape index (κ2) is 10.3. The van der Waals surface area contributed by atoms with Gasteiger partial charge in [0.1, 0.15) is 30.3 Å². The second-order valence-electron chi connectivity index (χ2n) is 12.1. The van der Waals surface area contributed by atoms with E-state index in [2.05, 4.69) is 15.9 Å². The molecule has 1 spiro atoms. The van der Waals surface area contributed by atoms with Gasteiger partial charge in [-0.3, -0.25) is 4.90 Å². The number of hydrogen-bond acceptors (Lipinski definition) is 10. The number of aromatic nitrogens is 2. The number of rotatable bonds is 4. The summed E-state index contributed by atoms with van der Waals surface area (Å²) in [5.41, 5.74) is 9.35. The van der Waals surface area contributed by atoms with Gasteiger partial charge in [0, 0.05) is 55.9 Å². The highest BCUT2D eigenvalue weighted by Crippen LogP contribution is 2.48. The lowest BCUT2D eigenvalue weighted by Crippen LogP contribution is -2.46. The van der Waals surface area contributed by atoms with E-state index in [1.54, 1.807) is 6.07 Å². The maximum atomic E-state index is 14.4. The molecule has 0 bridgehead atoms. The first-order valence-corrected chi connectivity index (χ1v) is 14.7. The van der Waals surface area contributed by atoms with Crippen molar-refractivity contribution in [2.24, 2.45) is 0 Å². The molecule has 2 aromatic rings. The quantitative estimate of drug-likeness (QED) is 0.555. The summed E-state index contributed by atoms with van der Waals surface area (Å²) >= 11 is 0. The van der Waals surface area contributed by atoms with E-state index >= 15 is 0 Å². The molecule has 6 heterocycles. The van der Waals surface area contributed by atoms with Gasteiger partial charge in [0.15, 0.2) is 0 Å². The van der Waals surface area contributed by atoms with E-state index in [1.165, 1.54) is 0 Å². The summed E-state index contributed by atoms with van der Waals surface area (Å²) < 4.78 is 39.4. The number of nitriles is 1. The molecule has 11 heteroatoms. The molecule has 0 aliphatic carbocycles. The van der Waals surface area contributed by atoms with Crippen LogP contribution in [0.1, 0.15) is 66.7 Å². The van der Waals surface area contributed by atoms with Crippen LogP contribution in [0.4, 0.5) is 15.9 Å². The lowest BCUT2D eigenvalue weighted by atomic mass is 9.78. The van der Waals surface area contributed by atoms with E-state index in [-0.39, 0.29) is 24.9 Å². The fourth-order valence-electron chi connectivity index (χ4n) is 7.51. The Hall–Kier alpha value is -3.04. The second-order valence-corrected chi connectivity index (χ2v) is 12.1. The van der Waals surface area contributed by atoms with Crippen molar-refractivity contribution in [3.8, 4) is 12.1 Å². The van der Waals surface area contributed by atoms with Crippen molar-refractivity contribution in [1.82, 2.24) is 14.9 Å². The van der Waals surface area contributed by atoms with Gasteiger partial charge < -0.3 is 29.6 Å². The topological polar surface area (TPSA) is 119 Å². The summed E-state index contributed by atoms with van der Waals surface area (Å²) in [6.07, 6.45) is 2.70. The van der Waals surface area contributed by atoms with E-state index in [9.17, 15) is 9.65 Å². The minimum atomic E-state index is -0.909. The van der Waals surface area contributed by atoms with E-state index in [0.29, 0.717) is 63.0 Å². The van der Waals surface area contributed by atoms with Gasteiger partial charge >= 0.3 is 6.01 Å². The van der Waals surface area contributed by atoms with E-state index in [4.69, 9.17) is 34.6 Å². The number of halogens is 1. The lowest BCUT2D eigenvalue weighted by Gasteiger charge is -2.44. The highest BCUT2D eigenvalue weighted by atomic mass is 19.1. The van der Waals surface area contributed by atoms with Crippen molar-refractivity contribution in [3.05, 3.63) is 40.1 Å². The Morgan fingerprint density at radius 2 is 2.12 bits per heavy atom. The van der Waals surface area contributed by atoms with Crippen molar-refractivity contribution in [3.63, 3.8) is 0 Å². The van der Waals surface area contributed by atoms with Gasteiger partial charge in [-0.15, -0.1) is 0 Å². The first-order chi connectivity index (χ1) is 19.9. The number of nitrogens with two attached hydrogens (primary N) is 1. The van der Waals surface area contributed by atoms with Crippen LogP contribution in [0.3, 0.4) is 0 Å². The summed E-state index contributed by atoms with van der Waals surface area (Å²) in [5, 5.41) is 10.1. The molecule has 41 heavy (non-hydrogen) atoms. The molecule has 5 aliphatic rings. The van der Waals surface area contributed by atoms with Crippen molar-refractivity contribution >= 4 is 11.5 Å². The Morgan fingerprint density at radius 3 is 3.00 bits per heavy atom. The number of hydrogen-bond donors (Lipinski definition) is 1. The van der Waals surface area contributed by atoms with Crippen LogP contribution in [-0.4, -0.2) is 79.2 Å². The molecule has 5 aliphatic heterocycles. The van der Waals surface area contributed by atoms with Crippen LogP contribution in [0.2, 0.25) is 0 Å². The van der Waals surface area contributed by atoms with Crippen molar-refractivity contribution in [2.75, 3.05) is 63.2 Å². The number of ether oxygens (including phenoxy) is 4. The number of fused-ring (bicyclic) bond motifs is 4. The summed E-state index contributed by atoms with van der Waals surface area (Å²) in [6.45, 7) is 7.06. The molecule has 218 valence electrons. The maximum Gasteiger partial charge on any atom is 0.318 e. The van der Waals surface area contributed by atoms with E-state index in [0.717, 1.165) is 60.6 Å². The fourth-order valence-corrected chi connectivity index (χ4v) is 7.51. The number of nitrogens with zero attached hydrogens (tertiary/aromatic N) is 5. The normalized spacial score (nSPS) is 31.3. The summed E-state index contributed by atoms with van der Waals surface area (Å²) in [6, 6.07) is 6.31. The van der Waals surface area contributed by atoms with Gasteiger partial charge in [-0.25, -0.2) is 4.39 Å². The predicted octanol–water partition coefficient (Wildman–Crippen LogP) is 3.17. The summed E-state index contributed by atoms with van der Waals surface area (Å²) in [7, 11) is 0. The van der Waals surface area contributed by atoms with Gasteiger partial charge in [-0.1, -0.05) is 6.07 Å². The molecule has 3 saturated heterocycles. The molecule has 2 N–H and O–H groups in total. The molecular formula is C30H37FN6O4. The van der Waals surface area contributed by atoms with Gasteiger partial charge in [-0.2, -0.15) is 15.2 Å². The zero-order chi connectivity index (χ0) is 28.2. The van der Waals surface area contributed by atoms with Crippen molar-refractivity contribution in [1.29, 1.82) is 5.26 Å². The Balaban J connectivity index is 1.28. The van der Waals surface area contributed by atoms with Crippen LogP contribution in [0.5, 0.6) is 6.01 Å². The average Bonchev–Trinajstić information content (AvgIpc) is 3.35. The van der Waals surface area contributed by atoms with Crippen molar-refractivity contribution in [2.45, 2.75) is 69.1 Å². The third kappa shape index (κ3) is 4.52. The molecular weight excluding hydrogens is 527 g/mol. The third-order valence-corrected chi connectivity index (χ3v) is 9.59. The molecule has 0 saturated carbocycles. The predicted molar refractivity (Wildman–Crippen MR) is 148 cm³/mol. The first kappa shape index (κ1) is 26.8. The maximum absolute atomic E-state index is 14.4. The minimum absolute atomic E-state index is 0.190. The van der Waals surface area contributed by atoms with Gasteiger partial charge in [0.25, 0.3) is 0 Å². The van der Waals surface area contributed by atoms with Crippen LogP contribution in [0.15, 0.2) is 12.1 Å². The minimum Gasteiger partial charge on any atom is -0.461 e. The van der Waals surface area contributed by atoms with E-state index in [1.807, 2.05) is 13.0 Å². The number of benzene rings is 1. The SMILES string of the molecule is CC1OCC2(Cc3nc(OCC45CCCN4CC(F)C5)nc(N4CCCOCC4)c3CO2)c2c1ccc(N)c2C#N. The lowest BCUT2D eigenvalue weighted by molar-refractivity contribution is -0.148. The standard InChI is InChI=1S/C30H37FN6O4/c1-19-21-4-5-24(33)22(14-32)26(21)30(18-39-19)13-25-23(16-41-30)27(36-7-3-10-38-11-9-36)35-28(34-25)40-17-29-6-2-8-37(29)15-20(31)12-29/h4-5,19-20H,2-3,6-13,15-18,33H2,1H3. The summed E-state index contributed by atoms with van der Waals surface area (Å²) in [4.78, 5) is 14.3. The molecule has 1 aromatic carbocycles. The van der Waals surface area contributed by atoms with E-state index < -0.39 is 11.8 Å². The average molecular weight is 565 g/mol. The summed E-state index contributed by atoms with van der Waals surface area (Å²) in [5.74, 6) is 0.791. The van der Waals surface area contributed by atoms with Crippen LogP contribution in [-0.2, 0) is 32.8 Å². The number of nitrogen functional groups attached to an aromatic ring is 1. The molecule has 0 radical (unpaired) electrons. The molecule has 3 fully saturated rings. The third-order valence-electron chi connectivity index (χ3n) is 9.59. The highest BCUT2D eigenvalue weighted by molar-refractivity contribution is 5.64. The number of anilines is 2. The zero-order valence-corrected chi connectivity index (χ0v) is 23.5. The molecule has 1 aromatic heterocycles. The molecule has 10 nitrogen and oxygen atoms in total. The number of alkyl halides is 1. The van der Waals surface area contributed by atoms with Gasteiger partial charge in [0.05, 0.1) is 42.7 Å². The van der Waals surface area contributed by atoms with Crippen LogP contribution >= 0.6 is 0 Å². The smallest absolute Gasteiger partial charge is 0.318 e. The largest absolute Gasteiger partial charge is 0.461 e. The fraction of sp³-hybridized carbons (Fsp3) is 0.633. The van der Waals surface area contributed by atoms with Gasteiger partial charge in [-0.05, 0) is 44.4 Å². The Labute approximate surface area is 239 Å². The molecule has 0 amide bonds. The Bertz CT molecular complexity index is 1380. The first-order valence-electron chi connectivity index (χ1n) is 14.7. The Morgan fingerprint density at radius 1 is 1.22 bits per heavy atom. The zero-order valence-electron chi connectivity index (χ0n) is 23.5. The molecule has 4 atom stereocenters. The highest BCUT2D eigenvalue weighted by Gasteiger charge is 2.50. The molecule has 7 rings (SSSR count).